The summed E-state index contributed by atoms with van der Waals surface area (Å²) in [6.07, 6.45) is 1.80. The summed E-state index contributed by atoms with van der Waals surface area (Å²) in [6, 6.07) is 6.08. The number of hydrogen-bond donors (Lipinski definition) is 2. The van der Waals surface area contributed by atoms with Gasteiger partial charge in [-0.3, -0.25) is 0 Å². The van der Waals surface area contributed by atoms with Gasteiger partial charge in [0.15, 0.2) is 5.96 Å². The Kier molecular flexibility index (Phi) is 8.60. The van der Waals surface area contributed by atoms with Gasteiger partial charge in [0.2, 0.25) is 0 Å². The second-order valence-corrected chi connectivity index (χ2v) is 7.91. The molecule has 0 heterocycles. The molecule has 0 aliphatic heterocycles. The summed E-state index contributed by atoms with van der Waals surface area (Å²) in [4.78, 5) is 4.56. The van der Waals surface area contributed by atoms with Gasteiger partial charge in [0.25, 0.3) is 0 Å². The summed E-state index contributed by atoms with van der Waals surface area (Å²) in [6.45, 7) is 8.40. The lowest BCUT2D eigenvalue weighted by molar-refractivity contribution is 0.336. The summed E-state index contributed by atoms with van der Waals surface area (Å²) in [7, 11) is -2.92. The van der Waals surface area contributed by atoms with Crippen LogP contribution in [0.4, 0.5) is 0 Å². The molecule has 136 valence electrons. The first-order chi connectivity index (χ1) is 11.4. The van der Waals surface area contributed by atoms with Crippen LogP contribution in [0.25, 0.3) is 0 Å². The van der Waals surface area contributed by atoms with E-state index >= 15 is 0 Å². The van der Waals surface area contributed by atoms with Crippen molar-refractivity contribution in [1.82, 2.24) is 10.6 Å². The van der Waals surface area contributed by atoms with Crippen molar-refractivity contribution in [2.45, 2.75) is 33.7 Å². The Morgan fingerprint density at radius 3 is 2.62 bits per heavy atom. The highest BCUT2D eigenvalue weighted by atomic mass is 32.2. The molecule has 1 aromatic rings. The minimum absolute atomic E-state index is 0.172. The highest BCUT2D eigenvalue weighted by Gasteiger charge is 2.05. The molecule has 0 atom stereocenters. The smallest absolute Gasteiger partial charge is 0.191 e. The first-order valence-corrected chi connectivity index (χ1v) is 10.3. The van der Waals surface area contributed by atoms with Crippen molar-refractivity contribution < 1.29 is 13.2 Å². The van der Waals surface area contributed by atoms with Crippen LogP contribution in [-0.2, 0) is 16.4 Å². The van der Waals surface area contributed by atoms with Crippen molar-refractivity contribution in [3.63, 3.8) is 0 Å². The molecule has 1 rings (SSSR count). The molecule has 2 N–H and O–H groups in total. The number of aryl methyl sites for hydroxylation is 1. The van der Waals surface area contributed by atoms with Gasteiger partial charge in [0, 0.05) is 24.9 Å². The molecule has 0 spiro atoms. The van der Waals surface area contributed by atoms with Crippen LogP contribution < -0.4 is 15.4 Å². The summed E-state index contributed by atoms with van der Waals surface area (Å²) < 4.78 is 28.0. The molecule has 24 heavy (non-hydrogen) atoms. The zero-order valence-corrected chi connectivity index (χ0v) is 15.9. The third-order valence-corrected chi connectivity index (χ3v) is 4.29. The number of aliphatic imine (C=N–C) groups is 1. The van der Waals surface area contributed by atoms with Crippen molar-refractivity contribution in [2.75, 3.05) is 31.7 Å². The van der Waals surface area contributed by atoms with Gasteiger partial charge >= 0.3 is 0 Å². The predicted octanol–water partition coefficient (Wildman–Crippen LogP) is 1.88. The number of nitrogens with zero attached hydrogens (tertiary/aromatic N) is 1. The Balaban J connectivity index is 2.68. The van der Waals surface area contributed by atoms with E-state index in [2.05, 4.69) is 15.6 Å². The summed E-state index contributed by atoms with van der Waals surface area (Å²) in [5.74, 6) is 1.70. The molecule has 0 radical (unpaired) electrons. The molecule has 1 aromatic carbocycles. The van der Waals surface area contributed by atoms with Gasteiger partial charge in [-0.25, -0.2) is 13.4 Å². The zero-order chi connectivity index (χ0) is 18.0. The summed E-state index contributed by atoms with van der Waals surface area (Å²) >= 11 is 0. The highest BCUT2D eigenvalue weighted by molar-refractivity contribution is 7.90. The van der Waals surface area contributed by atoms with E-state index in [1.807, 2.05) is 39.0 Å². The van der Waals surface area contributed by atoms with Crippen molar-refractivity contribution in [2.24, 2.45) is 4.99 Å². The normalized spacial score (nSPS) is 12.1. The molecule has 0 fully saturated rings. The quantitative estimate of drug-likeness (QED) is 0.402. The lowest BCUT2D eigenvalue weighted by atomic mass is 10.1. The highest BCUT2D eigenvalue weighted by Crippen LogP contribution is 2.21. The maximum atomic E-state index is 11.2. The second-order valence-electron chi connectivity index (χ2n) is 5.65. The van der Waals surface area contributed by atoms with Crippen LogP contribution in [-0.4, -0.2) is 46.1 Å². The fraction of sp³-hybridized carbons (Fsp3) is 0.588. The second kappa shape index (κ2) is 10.2. The standard InChI is InChI=1S/C17H29N3O3S/c1-5-18-17(19-10-7-11-24(4,21)22)20-13-15-9-8-14(3)12-16(15)23-6-2/h8-9,12H,5-7,10-11,13H2,1-4H3,(H2,18,19,20). The monoisotopic (exact) mass is 355 g/mol. The number of benzene rings is 1. The Morgan fingerprint density at radius 1 is 1.25 bits per heavy atom. The maximum absolute atomic E-state index is 11.2. The fourth-order valence-electron chi connectivity index (χ4n) is 2.13. The van der Waals surface area contributed by atoms with Gasteiger partial charge in [-0.05, 0) is 38.8 Å². The van der Waals surface area contributed by atoms with Crippen LogP contribution in [0, 0.1) is 6.92 Å². The third kappa shape index (κ3) is 8.19. The molecular formula is C17H29N3O3S. The topological polar surface area (TPSA) is 79.8 Å². The molecular weight excluding hydrogens is 326 g/mol. The maximum Gasteiger partial charge on any atom is 0.191 e. The SMILES string of the molecule is CCNC(=NCc1ccc(C)cc1OCC)NCCCS(C)(=O)=O. The van der Waals surface area contributed by atoms with E-state index in [9.17, 15) is 8.42 Å². The van der Waals surface area contributed by atoms with Gasteiger partial charge in [-0.15, -0.1) is 0 Å². The van der Waals surface area contributed by atoms with Gasteiger partial charge in [0.1, 0.15) is 15.6 Å². The average Bonchev–Trinajstić information content (AvgIpc) is 2.50. The van der Waals surface area contributed by atoms with Gasteiger partial charge in [0.05, 0.1) is 18.9 Å². The van der Waals surface area contributed by atoms with E-state index in [0.717, 1.165) is 23.4 Å². The Morgan fingerprint density at radius 2 is 2.00 bits per heavy atom. The summed E-state index contributed by atoms with van der Waals surface area (Å²) in [5.41, 5.74) is 2.17. The molecule has 0 unspecified atom stereocenters. The van der Waals surface area contributed by atoms with Gasteiger partial charge in [-0.2, -0.15) is 0 Å². The van der Waals surface area contributed by atoms with Crippen LogP contribution in [0.15, 0.2) is 23.2 Å². The van der Waals surface area contributed by atoms with Crippen molar-refractivity contribution in [3.05, 3.63) is 29.3 Å². The third-order valence-electron chi connectivity index (χ3n) is 3.26. The molecule has 0 aliphatic carbocycles. The van der Waals surface area contributed by atoms with Crippen LogP contribution in [0.3, 0.4) is 0 Å². The van der Waals surface area contributed by atoms with E-state index in [1.54, 1.807) is 0 Å². The van der Waals surface area contributed by atoms with Crippen LogP contribution in [0.1, 0.15) is 31.4 Å². The molecule has 0 saturated heterocycles. The van der Waals surface area contributed by atoms with E-state index in [0.29, 0.717) is 32.1 Å². The fourth-order valence-corrected chi connectivity index (χ4v) is 2.80. The van der Waals surface area contributed by atoms with Crippen molar-refractivity contribution in [1.29, 1.82) is 0 Å². The number of rotatable bonds is 9. The molecule has 0 saturated carbocycles. The molecule has 6 nitrogen and oxygen atoms in total. The summed E-state index contributed by atoms with van der Waals surface area (Å²) in [5, 5.41) is 6.32. The lowest BCUT2D eigenvalue weighted by Crippen LogP contribution is -2.38. The predicted molar refractivity (Wildman–Crippen MR) is 99.5 cm³/mol. The van der Waals surface area contributed by atoms with Gasteiger partial charge < -0.3 is 15.4 Å². The molecule has 0 aliphatic rings. The van der Waals surface area contributed by atoms with Crippen molar-refractivity contribution in [3.8, 4) is 5.75 Å². The van der Waals surface area contributed by atoms with Crippen LogP contribution in [0.2, 0.25) is 0 Å². The zero-order valence-electron chi connectivity index (χ0n) is 15.1. The van der Waals surface area contributed by atoms with E-state index in [1.165, 1.54) is 6.26 Å². The minimum atomic E-state index is -2.92. The molecule has 0 aromatic heterocycles. The van der Waals surface area contributed by atoms with Crippen LogP contribution in [0.5, 0.6) is 5.75 Å². The Hall–Kier alpha value is -1.76. The Bertz CT molecular complexity index is 642. The number of ether oxygens (including phenoxy) is 1. The van der Waals surface area contributed by atoms with Gasteiger partial charge in [-0.1, -0.05) is 12.1 Å². The largest absolute Gasteiger partial charge is 0.494 e. The van der Waals surface area contributed by atoms with E-state index in [-0.39, 0.29) is 5.75 Å². The molecule has 0 amide bonds. The number of nitrogens with one attached hydrogen (secondary N) is 2. The average molecular weight is 356 g/mol. The van der Waals surface area contributed by atoms with Crippen molar-refractivity contribution >= 4 is 15.8 Å². The number of sulfone groups is 1. The molecule has 7 heteroatoms. The lowest BCUT2D eigenvalue weighted by Gasteiger charge is -2.13. The Labute approximate surface area is 145 Å². The van der Waals surface area contributed by atoms with E-state index in [4.69, 9.17) is 4.74 Å². The first kappa shape index (κ1) is 20.3. The van der Waals surface area contributed by atoms with Crippen LogP contribution >= 0.6 is 0 Å². The van der Waals surface area contributed by atoms with E-state index < -0.39 is 9.84 Å². The first-order valence-electron chi connectivity index (χ1n) is 8.28. The minimum Gasteiger partial charge on any atom is -0.494 e. The molecule has 0 bridgehead atoms. The number of guanidine groups is 1. The number of hydrogen-bond acceptors (Lipinski definition) is 4.